The monoisotopic (exact) mass is 382 g/mol. The molecule has 0 bridgehead atoms. The number of aliphatic hydroxyl groups is 1. The summed E-state index contributed by atoms with van der Waals surface area (Å²) < 4.78 is 10.9. The van der Waals surface area contributed by atoms with E-state index < -0.39 is 6.10 Å². The van der Waals surface area contributed by atoms with Crippen LogP contribution in [-0.2, 0) is 0 Å². The highest BCUT2D eigenvalue weighted by Gasteiger charge is 2.29. The first-order valence-electron chi connectivity index (χ1n) is 9.44. The van der Waals surface area contributed by atoms with Crippen LogP contribution in [0.4, 0.5) is 0 Å². The van der Waals surface area contributed by atoms with Crippen LogP contribution < -0.4 is 5.32 Å². The molecule has 1 aliphatic carbocycles. The number of nitrogens with one attached hydrogen (secondary N) is 1. The summed E-state index contributed by atoms with van der Waals surface area (Å²) in [6.07, 6.45) is 2.65. The van der Waals surface area contributed by atoms with Gasteiger partial charge in [0.15, 0.2) is 11.5 Å². The molecular formula is C20H22N4O4. The zero-order valence-corrected chi connectivity index (χ0v) is 15.5. The molecule has 3 aromatic rings. The Morgan fingerprint density at radius 1 is 1.25 bits per heavy atom. The van der Waals surface area contributed by atoms with Gasteiger partial charge in [-0.1, -0.05) is 41.9 Å². The minimum absolute atomic E-state index is 0.00924. The fourth-order valence-corrected chi connectivity index (χ4v) is 3.51. The van der Waals surface area contributed by atoms with Crippen molar-refractivity contribution in [2.24, 2.45) is 0 Å². The van der Waals surface area contributed by atoms with Crippen molar-refractivity contribution >= 4 is 5.91 Å². The standard InChI is InChI=1S/C20H22N4O4/c1-12(25)19-22-23-20(27-19)14-8-5-9-15(10-14)21-18(26)16-11-17(28-24-16)13-6-3-2-4-7-13/h2-4,6-7,11-12,14-15,25H,5,8-10H2,1H3,(H,21,26)/t12-,14?,15?/m1/s1. The van der Waals surface area contributed by atoms with Gasteiger partial charge in [0.25, 0.3) is 5.91 Å². The maximum absolute atomic E-state index is 12.6. The summed E-state index contributed by atoms with van der Waals surface area (Å²) in [5, 5.41) is 24.4. The van der Waals surface area contributed by atoms with Gasteiger partial charge in [-0.25, -0.2) is 0 Å². The zero-order chi connectivity index (χ0) is 19.5. The Balaban J connectivity index is 1.39. The van der Waals surface area contributed by atoms with Crippen LogP contribution in [0.5, 0.6) is 0 Å². The molecular weight excluding hydrogens is 360 g/mol. The van der Waals surface area contributed by atoms with Crippen molar-refractivity contribution in [3.8, 4) is 11.3 Å². The second kappa shape index (κ2) is 7.93. The van der Waals surface area contributed by atoms with Gasteiger partial charge >= 0.3 is 0 Å². The number of nitrogens with zero attached hydrogens (tertiary/aromatic N) is 3. The quantitative estimate of drug-likeness (QED) is 0.696. The Labute approximate surface area is 161 Å². The third kappa shape index (κ3) is 3.96. The van der Waals surface area contributed by atoms with Crippen molar-refractivity contribution in [2.75, 3.05) is 0 Å². The summed E-state index contributed by atoms with van der Waals surface area (Å²) >= 11 is 0. The Morgan fingerprint density at radius 3 is 2.82 bits per heavy atom. The van der Waals surface area contributed by atoms with Crippen molar-refractivity contribution in [1.82, 2.24) is 20.7 Å². The van der Waals surface area contributed by atoms with E-state index in [1.165, 1.54) is 0 Å². The van der Waals surface area contributed by atoms with E-state index in [1.54, 1.807) is 13.0 Å². The molecule has 8 nitrogen and oxygen atoms in total. The number of aliphatic hydroxyl groups excluding tert-OH is 1. The van der Waals surface area contributed by atoms with Gasteiger partial charge in [0.05, 0.1) is 0 Å². The summed E-state index contributed by atoms with van der Waals surface area (Å²) in [6, 6.07) is 11.2. The number of carbonyl (C=O) groups is 1. The van der Waals surface area contributed by atoms with Gasteiger partial charge in [-0.3, -0.25) is 4.79 Å². The topological polar surface area (TPSA) is 114 Å². The van der Waals surface area contributed by atoms with E-state index in [1.807, 2.05) is 30.3 Å². The summed E-state index contributed by atoms with van der Waals surface area (Å²) in [5.41, 5.74) is 1.13. The van der Waals surface area contributed by atoms with Gasteiger partial charge in [-0.2, -0.15) is 0 Å². The Morgan fingerprint density at radius 2 is 2.07 bits per heavy atom. The summed E-state index contributed by atoms with van der Waals surface area (Å²) in [5.74, 6) is 1.10. The van der Waals surface area contributed by atoms with Crippen LogP contribution in [0.25, 0.3) is 11.3 Å². The summed E-state index contributed by atoms with van der Waals surface area (Å²) in [4.78, 5) is 12.6. The van der Waals surface area contributed by atoms with Crippen LogP contribution in [0, 0.1) is 0 Å². The lowest BCUT2D eigenvalue weighted by Crippen LogP contribution is -2.38. The number of hydrogen-bond acceptors (Lipinski definition) is 7. The Kier molecular flexibility index (Phi) is 5.21. The predicted molar refractivity (Wildman–Crippen MR) is 99.3 cm³/mol. The number of carbonyl (C=O) groups excluding carboxylic acids is 1. The van der Waals surface area contributed by atoms with Crippen LogP contribution in [-0.4, -0.2) is 32.4 Å². The fourth-order valence-electron chi connectivity index (χ4n) is 3.51. The molecule has 2 N–H and O–H groups in total. The van der Waals surface area contributed by atoms with Crippen LogP contribution in [0.1, 0.15) is 66.9 Å². The van der Waals surface area contributed by atoms with E-state index in [0.717, 1.165) is 24.8 Å². The first-order valence-corrected chi connectivity index (χ1v) is 9.44. The van der Waals surface area contributed by atoms with E-state index in [-0.39, 0.29) is 29.5 Å². The first kappa shape index (κ1) is 18.4. The highest BCUT2D eigenvalue weighted by molar-refractivity contribution is 5.93. The van der Waals surface area contributed by atoms with Crippen LogP contribution in [0.3, 0.4) is 0 Å². The molecule has 0 spiro atoms. The van der Waals surface area contributed by atoms with Gasteiger partial charge in [0, 0.05) is 23.6 Å². The largest absolute Gasteiger partial charge is 0.422 e. The van der Waals surface area contributed by atoms with Gasteiger partial charge in [-0.15, -0.1) is 10.2 Å². The molecule has 1 aromatic carbocycles. The van der Waals surface area contributed by atoms with E-state index in [0.29, 0.717) is 18.1 Å². The first-order chi connectivity index (χ1) is 13.6. The SMILES string of the molecule is C[C@@H](O)c1nnc(C2CCCC(NC(=O)c3cc(-c4ccccc4)on3)C2)o1. The minimum atomic E-state index is -0.786. The molecule has 1 saturated carbocycles. The molecule has 8 heteroatoms. The summed E-state index contributed by atoms with van der Waals surface area (Å²) in [6.45, 7) is 1.59. The number of aromatic nitrogens is 3. The van der Waals surface area contributed by atoms with Crippen LogP contribution >= 0.6 is 0 Å². The zero-order valence-electron chi connectivity index (χ0n) is 15.5. The molecule has 1 aliphatic rings. The minimum Gasteiger partial charge on any atom is -0.422 e. The maximum atomic E-state index is 12.6. The molecule has 3 atom stereocenters. The van der Waals surface area contributed by atoms with E-state index in [9.17, 15) is 9.90 Å². The van der Waals surface area contributed by atoms with Crippen molar-refractivity contribution < 1.29 is 18.8 Å². The Hall–Kier alpha value is -3.00. The lowest BCUT2D eigenvalue weighted by molar-refractivity contribution is 0.0913. The average molecular weight is 382 g/mol. The van der Waals surface area contributed by atoms with E-state index >= 15 is 0 Å². The van der Waals surface area contributed by atoms with Gasteiger partial charge in [0.2, 0.25) is 11.8 Å². The van der Waals surface area contributed by atoms with Gasteiger partial charge in [0.1, 0.15) is 6.10 Å². The third-order valence-corrected chi connectivity index (χ3v) is 4.97. The van der Waals surface area contributed by atoms with Gasteiger partial charge < -0.3 is 19.4 Å². The normalized spacial score (nSPS) is 20.6. The molecule has 1 fully saturated rings. The van der Waals surface area contributed by atoms with Crippen LogP contribution in [0.2, 0.25) is 0 Å². The van der Waals surface area contributed by atoms with Crippen molar-refractivity contribution in [2.45, 2.75) is 50.7 Å². The lowest BCUT2D eigenvalue weighted by atomic mass is 9.85. The average Bonchev–Trinajstić information content (AvgIpc) is 3.39. The number of amides is 1. The number of hydrogen-bond donors (Lipinski definition) is 2. The number of benzene rings is 1. The molecule has 1 amide bonds. The second-order valence-corrected chi connectivity index (χ2v) is 7.13. The van der Waals surface area contributed by atoms with Crippen molar-refractivity contribution in [3.63, 3.8) is 0 Å². The molecule has 146 valence electrons. The molecule has 2 unspecified atom stereocenters. The molecule has 28 heavy (non-hydrogen) atoms. The number of rotatable bonds is 5. The maximum Gasteiger partial charge on any atom is 0.273 e. The second-order valence-electron chi connectivity index (χ2n) is 7.13. The molecule has 4 rings (SSSR count). The molecule has 0 saturated heterocycles. The fraction of sp³-hybridized carbons (Fsp3) is 0.400. The lowest BCUT2D eigenvalue weighted by Gasteiger charge is -2.27. The highest BCUT2D eigenvalue weighted by Crippen LogP contribution is 2.33. The molecule has 2 aromatic heterocycles. The van der Waals surface area contributed by atoms with Gasteiger partial charge in [-0.05, 0) is 26.2 Å². The van der Waals surface area contributed by atoms with Crippen molar-refractivity contribution in [3.05, 3.63) is 53.9 Å². The molecule has 0 radical (unpaired) electrons. The Bertz CT molecular complexity index is 935. The highest BCUT2D eigenvalue weighted by atomic mass is 16.5. The third-order valence-electron chi connectivity index (χ3n) is 4.97. The molecule has 2 heterocycles. The van der Waals surface area contributed by atoms with Crippen molar-refractivity contribution in [1.29, 1.82) is 0 Å². The molecule has 0 aliphatic heterocycles. The van der Waals surface area contributed by atoms with Crippen LogP contribution in [0.15, 0.2) is 45.3 Å². The predicted octanol–water partition coefficient (Wildman–Crippen LogP) is 3.23. The summed E-state index contributed by atoms with van der Waals surface area (Å²) in [7, 11) is 0. The van der Waals surface area contributed by atoms with E-state index in [2.05, 4.69) is 20.7 Å². The smallest absolute Gasteiger partial charge is 0.273 e. The van der Waals surface area contributed by atoms with E-state index in [4.69, 9.17) is 8.94 Å².